The third-order valence-corrected chi connectivity index (χ3v) is 8.40. The van der Waals surface area contributed by atoms with Crippen LogP contribution < -0.4 is 10.6 Å². The Kier molecular flexibility index (Phi) is 10.3. The second-order valence-corrected chi connectivity index (χ2v) is 12.4. The Morgan fingerprint density at radius 3 is 2.18 bits per heavy atom. The van der Waals surface area contributed by atoms with Gasteiger partial charge in [-0.2, -0.15) is 0 Å². The maximum absolute atomic E-state index is 13.6. The number of nitrogens with zero attached hydrogens (tertiary/aromatic N) is 2. The molecule has 5 atom stereocenters. The summed E-state index contributed by atoms with van der Waals surface area (Å²) in [4.78, 5) is 79.5. The van der Waals surface area contributed by atoms with Crippen molar-refractivity contribution in [3.8, 4) is 5.88 Å². The van der Waals surface area contributed by atoms with Crippen molar-refractivity contribution in [2.75, 3.05) is 6.61 Å². The van der Waals surface area contributed by atoms with Gasteiger partial charge in [0.15, 0.2) is 30.3 Å². The van der Waals surface area contributed by atoms with Crippen LogP contribution in [0.1, 0.15) is 69.6 Å². The standard InChI is InChI=1S/C34H33BrN2O12/c1-6-7-25(42)19-8-10-23-21(12-19)27(32(43)36-23)28-22-13-20(35)9-11-24(22)37(33(28)44)34-31(48-18(5)41)30(47-17(4)40)29(46-16(3)39)26(49-34)14-45-15(2)38/h8-13,26,29-31,34,44H,6-7,14H2,1-5H3. The highest BCUT2D eigenvalue weighted by molar-refractivity contribution is 9.10. The predicted molar refractivity (Wildman–Crippen MR) is 172 cm³/mol. The largest absolute Gasteiger partial charge is 0.494 e. The molecule has 0 aliphatic carbocycles. The summed E-state index contributed by atoms with van der Waals surface area (Å²) in [5.41, 5.74) is 0.693. The molecule has 0 saturated carbocycles. The van der Waals surface area contributed by atoms with Crippen LogP contribution in [0.2, 0.25) is 0 Å². The van der Waals surface area contributed by atoms with Crippen LogP contribution in [0.3, 0.4) is 0 Å². The molecule has 0 spiro atoms. The van der Waals surface area contributed by atoms with Crippen molar-refractivity contribution >= 4 is 68.0 Å². The van der Waals surface area contributed by atoms with Crippen LogP contribution in [0.25, 0.3) is 16.5 Å². The van der Waals surface area contributed by atoms with Gasteiger partial charge in [-0.25, -0.2) is 4.99 Å². The lowest BCUT2D eigenvalue weighted by Crippen LogP contribution is -2.60. The lowest BCUT2D eigenvalue weighted by Gasteiger charge is -2.45. The first-order valence-corrected chi connectivity index (χ1v) is 16.1. The molecule has 2 aliphatic heterocycles. The second-order valence-electron chi connectivity index (χ2n) is 11.5. The fraction of sp³-hybridized carbons (Fsp3) is 0.382. The van der Waals surface area contributed by atoms with Crippen LogP contribution in [0, 0.1) is 0 Å². The predicted octanol–water partition coefficient (Wildman–Crippen LogP) is 2.71. The number of ether oxygens (including phenoxy) is 5. The number of hydrogen-bond acceptors (Lipinski definition) is 12. The van der Waals surface area contributed by atoms with Crippen LogP contribution in [-0.4, -0.2) is 76.3 Å². The summed E-state index contributed by atoms with van der Waals surface area (Å²) >= 11 is 3.45. The molecule has 0 radical (unpaired) electrons. The number of aromatic nitrogens is 1. The topological polar surface area (TPSA) is 186 Å². The summed E-state index contributed by atoms with van der Waals surface area (Å²) in [6.45, 7) is 5.86. The average molecular weight is 742 g/mol. The number of aromatic hydroxyl groups is 1. The maximum atomic E-state index is 13.6. The van der Waals surface area contributed by atoms with E-state index in [4.69, 9.17) is 23.7 Å². The zero-order chi connectivity index (χ0) is 35.7. The minimum absolute atomic E-state index is 0.00568. The van der Waals surface area contributed by atoms with E-state index in [2.05, 4.69) is 20.9 Å². The number of hydrogen-bond donors (Lipinski definition) is 1. The van der Waals surface area contributed by atoms with Gasteiger partial charge >= 0.3 is 23.9 Å². The van der Waals surface area contributed by atoms with Crippen molar-refractivity contribution in [3.63, 3.8) is 0 Å². The van der Waals surface area contributed by atoms with Crippen molar-refractivity contribution in [2.24, 2.45) is 4.99 Å². The van der Waals surface area contributed by atoms with Gasteiger partial charge in [-0.15, -0.1) is 0 Å². The van der Waals surface area contributed by atoms with Crippen molar-refractivity contribution in [1.29, 1.82) is 0 Å². The molecule has 1 aromatic heterocycles. The normalized spacial score (nSPS) is 21.5. The fourth-order valence-corrected chi connectivity index (χ4v) is 6.45. The lowest BCUT2D eigenvalue weighted by atomic mass is 9.97. The molecule has 1 N–H and O–H groups in total. The lowest BCUT2D eigenvalue weighted by molar-refractivity contribution is -0.268. The van der Waals surface area contributed by atoms with Crippen molar-refractivity contribution in [3.05, 3.63) is 62.6 Å². The van der Waals surface area contributed by atoms with E-state index in [1.54, 1.807) is 36.4 Å². The van der Waals surface area contributed by atoms with Gasteiger partial charge in [0.25, 0.3) is 5.91 Å². The molecule has 2 aliphatic rings. The number of rotatable bonds is 10. The minimum atomic E-state index is -1.54. The van der Waals surface area contributed by atoms with Crippen molar-refractivity contribution < 1.29 is 57.6 Å². The van der Waals surface area contributed by atoms with E-state index in [0.717, 1.165) is 27.7 Å². The molecule has 5 rings (SSSR count). The van der Waals surface area contributed by atoms with E-state index in [1.165, 1.54) is 4.57 Å². The van der Waals surface area contributed by atoms with E-state index >= 15 is 0 Å². The van der Waals surface area contributed by atoms with Crippen LogP contribution in [-0.2, 0) is 47.7 Å². The number of halogens is 1. The number of carbonyl (C=O) groups is 6. The molecule has 258 valence electrons. The maximum Gasteiger partial charge on any atom is 0.303 e. The highest BCUT2D eigenvalue weighted by Crippen LogP contribution is 2.44. The molecule has 1 saturated heterocycles. The molecule has 1 amide bonds. The van der Waals surface area contributed by atoms with E-state index in [-0.39, 0.29) is 22.4 Å². The van der Waals surface area contributed by atoms with Gasteiger partial charge in [-0.1, -0.05) is 22.9 Å². The third kappa shape index (κ3) is 7.13. The van der Waals surface area contributed by atoms with Crippen LogP contribution in [0.4, 0.5) is 0 Å². The molecule has 5 unspecified atom stereocenters. The highest BCUT2D eigenvalue weighted by atomic mass is 79.9. The number of carbonyl (C=O) groups excluding carboxylic acids is 6. The highest BCUT2D eigenvalue weighted by Gasteiger charge is 2.54. The number of Topliss-reactive ketones (excluding diaryl/α,β-unsaturated/α-hetero) is 1. The molecule has 3 aromatic rings. The first kappa shape index (κ1) is 35.4. The van der Waals surface area contributed by atoms with E-state index in [1.807, 2.05) is 6.92 Å². The van der Waals surface area contributed by atoms with Crippen LogP contribution in [0.15, 0.2) is 45.9 Å². The van der Waals surface area contributed by atoms with Gasteiger partial charge < -0.3 is 28.8 Å². The Morgan fingerprint density at radius 2 is 1.55 bits per heavy atom. The molecule has 14 nitrogen and oxygen atoms in total. The number of benzene rings is 2. The molecule has 3 heterocycles. The SMILES string of the molecule is CCCC(=O)c1ccc2c(c1)=C(c1c(O)n(C3OC(COC(C)=O)C(OC(C)=O)C(OC(C)=O)C3OC(C)=O)c3ccc(Br)cc13)C(=O)N=2. The fourth-order valence-electron chi connectivity index (χ4n) is 6.09. The molecule has 2 aromatic carbocycles. The Labute approximate surface area is 287 Å². The van der Waals surface area contributed by atoms with Crippen LogP contribution in [0.5, 0.6) is 5.88 Å². The molecule has 15 heteroatoms. The van der Waals surface area contributed by atoms with Gasteiger partial charge in [0.2, 0.25) is 5.88 Å². The van der Waals surface area contributed by atoms with Gasteiger partial charge in [-0.05, 0) is 42.8 Å². The summed E-state index contributed by atoms with van der Waals surface area (Å²) in [5, 5.41) is 13.1. The Bertz CT molecular complexity index is 2020. The van der Waals surface area contributed by atoms with E-state index in [0.29, 0.717) is 38.8 Å². The second kappa shape index (κ2) is 14.3. The molecule has 49 heavy (non-hydrogen) atoms. The van der Waals surface area contributed by atoms with Crippen molar-refractivity contribution in [1.82, 2.24) is 4.57 Å². The van der Waals surface area contributed by atoms with E-state index < -0.39 is 72.9 Å². The number of amides is 1. The minimum Gasteiger partial charge on any atom is -0.494 e. The molecular formula is C34H33BrN2O12. The molecule has 0 bridgehead atoms. The first-order valence-electron chi connectivity index (χ1n) is 15.4. The van der Waals surface area contributed by atoms with E-state index in [9.17, 15) is 33.9 Å². The number of ketones is 1. The summed E-state index contributed by atoms with van der Waals surface area (Å²) in [5.74, 6) is -4.46. The van der Waals surface area contributed by atoms with Crippen molar-refractivity contribution in [2.45, 2.75) is 78.1 Å². The van der Waals surface area contributed by atoms with Crippen LogP contribution >= 0.6 is 15.9 Å². The Morgan fingerprint density at radius 1 is 0.898 bits per heavy atom. The van der Waals surface area contributed by atoms with Gasteiger partial charge in [0.05, 0.1) is 22.0 Å². The summed E-state index contributed by atoms with van der Waals surface area (Å²) < 4.78 is 30.1. The zero-order valence-corrected chi connectivity index (χ0v) is 28.8. The smallest absolute Gasteiger partial charge is 0.303 e. The quantitative estimate of drug-likeness (QED) is 0.182. The Hall–Kier alpha value is -4.89. The number of fused-ring (bicyclic) bond motifs is 2. The summed E-state index contributed by atoms with van der Waals surface area (Å²) in [6.07, 6.45) is -6.37. The zero-order valence-electron chi connectivity index (χ0n) is 27.2. The van der Waals surface area contributed by atoms with Gasteiger partial charge in [-0.3, -0.25) is 33.3 Å². The summed E-state index contributed by atoms with van der Waals surface area (Å²) in [6, 6.07) is 9.63. The molecule has 1 fully saturated rings. The van der Waals surface area contributed by atoms with Gasteiger partial charge in [0.1, 0.15) is 12.7 Å². The first-order chi connectivity index (χ1) is 23.2. The Balaban J connectivity index is 1.80. The van der Waals surface area contributed by atoms with Gasteiger partial charge in [0, 0.05) is 54.8 Å². The third-order valence-electron chi connectivity index (χ3n) is 7.91. The molecular weight excluding hydrogens is 708 g/mol. The monoisotopic (exact) mass is 740 g/mol. The number of esters is 4. The summed E-state index contributed by atoms with van der Waals surface area (Å²) in [7, 11) is 0. The average Bonchev–Trinajstić information content (AvgIpc) is 3.48.